The molecule has 0 unspecified atom stereocenters. The van der Waals surface area contributed by atoms with E-state index in [1.807, 2.05) is 0 Å². The van der Waals surface area contributed by atoms with E-state index in [0.717, 1.165) is 25.2 Å². The van der Waals surface area contributed by atoms with Crippen LogP contribution in [0.2, 0.25) is 0 Å². The average molecular weight is 425 g/mol. The van der Waals surface area contributed by atoms with Gasteiger partial charge in [0.05, 0.1) is 17.7 Å². The molecule has 0 radical (unpaired) electrons. The number of ether oxygens (including phenoxy) is 1. The first kappa shape index (κ1) is 21.1. The average Bonchev–Trinajstić information content (AvgIpc) is 2.95. The van der Waals surface area contributed by atoms with Gasteiger partial charge in [-0.15, -0.1) is 0 Å². The summed E-state index contributed by atoms with van der Waals surface area (Å²) in [5.74, 6) is 1.24. The van der Waals surface area contributed by atoms with Gasteiger partial charge in [-0.25, -0.2) is 9.78 Å². The highest BCUT2D eigenvalue weighted by Gasteiger charge is 2.31. The fraction of sp³-hybridized carbons (Fsp3) is 0.478. The molecule has 31 heavy (non-hydrogen) atoms. The van der Waals surface area contributed by atoms with E-state index in [0.29, 0.717) is 67.3 Å². The number of carbonyl (C=O) groups excluding carboxylic acids is 3. The molecule has 8 heteroatoms. The molecule has 1 amide bonds. The number of anilines is 1. The standard InChI is InChI=1S/C23H27N3O5/c1-3-30-23(29)16-8-9-19(24-14-16)25-10-5-11-26(13-12-25)22(28)21-15(2)20-17(27)6-4-7-18(20)31-21/h8-9,14H,3-7,10-13H2,1-2H3. The lowest BCUT2D eigenvalue weighted by Gasteiger charge is -2.22. The Morgan fingerprint density at radius 2 is 1.97 bits per heavy atom. The van der Waals surface area contributed by atoms with E-state index in [1.54, 1.807) is 30.9 Å². The van der Waals surface area contributed by atoms with Crippen molar-refractivity contribution in [2.75, 3.05) is 37.7 Å². The lowest BCUT2D eigenvalue weighted by atomic mass is 9.94. The van der Waals surface area contributed by atoms with Crippen LogP contribution >= 0.6 is 0 Å². The van der Waals surface area contributed by atoms with Gasteiger partial charge in [0.2, 0.25) is 0 Å². The molecule has 1 fully saturated rings. The van der Waals surface area contributed by atoms with Crippen molar-refractivity contribution < 1.29 is 23.5 Å². The first-order valence-corrected chi connectivity index (χ1v) is 10.8. The van der Waals surface area contributed by atoms with E-state index in [1.165, 1.54) is 6.20 Å². The van der Waals surface area contributed by atoms with Gasteiger partial charge in [0.25, 0.3) is 5.91 Å². The Balaban J connectivity index is 1.44. The van der Waals surface area contributed by atoms with E-state index in [-0.39, 0.29) is 17.7 Å². The van der Waals surface area contributed by atoms with Crippen LogP contribution in [0, 0.1) is 6.92 Å². The number of carbonyl (C=O) groups is 3. The number of Topliss-reactive ketones (excluding diaryl/α,β-unsaturated/α-hetero) is 1. The predicted octanol–water partition coefficient (Wildman–Crippen LogP) is 3.03. The van der Waals surface area contributed by atoms with Crippen molar-refractivity contribution in [2.45, 2.75) is 39.5 Å². The molecule has 0 atom stereocenters. The molecule has 4 rings (SSSR count). The molecule has 3 heterocycles. The second-order valence-corrected chi connectivity index (χ2v) is 7.89. The smallest absolute Gasteiger partial charge is 0.339 e. The first-order chi connectivity index (χ1) is 15.0. The van der Waals surface area contributed by atoms with Gasteiger partial charge in [0.15, 0.2) is 11.5 Å². The quantitative estimate of drug-likeness (QED) is 0.695. The third-order valence-electron chi connectivity index (χ3n) is 5.87. The molecule has 8 nitrogen and oxygen atoms in total. The van der Waals surface area contributed by atoms with Crippen molar-refractivity contribution in [3.05, 3.63) is 46.5 Å². The summed E-state index contributed by atoms with van der Waals surface area (Å²) in [4.78, 5) is 45.5. The number of amides is 1. The number of pyridine rings is 1. The first-order valence-electron chi connectivity index (χ1n) is 10.8. The number of hydrogen-bond donors (Lipinski definition) is 0. The summed E-state index contributed by atoms with van der Waals surface area (Å²) in [6.45, 7) is 6.40. The maximum absolute atomic E-state index is 13.2. The van der Waals surface area contributed by atoms with Crippen LogP contribution in [-0.4, -0.2) is 60.3 Å². The summed E-state index contributed by atoms with van der Waals surface area (Å²) >= 11 is 0. The van der Waals surface area contributed by atoms with Crippen molar-refractivity contribution in [1.29, 1.82) is 0 Å². The fourth-order valence-electron chi connectivity index (χ4n) is 4.25. The van der Waals surface area contributed by atoms with Crippen LogP contribution in [0.4, 0.5) is 5.82 Å². The third kappa shape index (κ3) is 4.19. The molecule has 0 N–H and O–H groups in total. The number of hydrogen-bond acceptors (Lipinski definition) is 7. The number of fused-ring (bicyclic) bond motifs is 1. The van der Waals surface area contributed by atoms with Gasteiger partial charge < -0.3 is 19.0 Å². The lowest BCUT2D eigenvalue weighted by molar-refractivity contribution is 0.0525. The number of aromatic nitrogens is 1. The molecule has 1 aliphatic carbocycles. The molecule has 2 aromatic rings. The second kappa shape index (κ2) is 8.91. The van der Waals surface area contributed by atoms with E-state index < -0.39 is 0 Å². The monoisotopic (exact) mass is 425 g/mol. The summed E-state index contributed by atoms with van der Waals surface area (Å²) in [5.41, 5.74) is 1.70. The van der Waals surface area contributed by atoms with E-state index in [9.17, 15) is 14.4 Å². The van der Waals surface area contributed by atoms with Crippen molar-refractivity contribution in [3.63, 3.8) is 0 Å². The zero-order chi connectivity index (χ0) is 22.0. The van der Waals surface area contributed by atoms with Crippen LogP contribution in [0.15, 0.2) is 22.7 Å². The maximum atomic E-state index is 13.2. The molecule has 0 saturated carbocycles. The SMILES string of the molecule is CCOC(=O)c1ccc(N2CCCN(C(=O)c3oc4c(c3C)C(=O)CCC4)CC2)nc1. The van der Waals surface area contributed by atoms with Gasteiger partial charge >= 0.3 is 5.97 Å². The van der Waals surface area contributed by atoms with Crippen LogP contribution in [0.3, 0.4) is 0 Å². The Morgan fingerprint density at radius 1 is 1.13 bits per heavy atom. The Bertz CT molecular complexity index is 995. The summed E-state index contributed by atoms with van der Waals surface area (Å²) < 4.78 is 10.8. The molecule has 0 bridgehead atoms. The van der Waals surface area contributed by atoms with Gasteiger partial charge in [-0.05, 0) is 38.8 Å². The molecule has 1 aliphatic heterocycles. The minimum atomic E-state index is -0.385. The Labute approximate surface area is 181 Å². The largest absolute Gasteiger partial charge is 0.462 e. The summed E-state index contributed by atoms with van der Waals surface area (Å²) in [7, 11) is 0. The summed E-state index contributed by atoms with van der Waals surface area (Å²) in [5, 5.41) is 0. The number of esters is 1. The zero-order valence-electron chi connectivity index (χ0n) is 18.0. The number of rotatable bonds is 4. The third-order valence-corrected chi connectivity index (χ3v) is 5.87. The highest BCUT2D eigenvalue weighted by Crippen LogP contribution is 2.30. The van der Waals surface area contributed by atoms with Crippen molar-refractivity contribution in [2.24, 2.45) is 0 Å². The topological polar surface area (TPSA) is 93.0 Å². The normalized spacial score (nSPS) is 16.6. The summed E-state index contributed by atoms with van der Waals surface area (Å²) in [6, 6.07) is 3.52. The van der Waals surface area contributed by atoms with Gasteiger partial charge in [0, 0.05) is 50.8 Å². The van der Waals surface area contributed by atoms with Gasteiger partial charge in [0.1, 0.15) is 11.6 Å². The van der Waals surface area contributed by atoms with Crippen molar-refractivity contribution >= 4 is 23.5 Å². The summed E-state index contributed by atoms with van der Waals surface area (Å²) in [6.07, 6.45) is 4.30. The van der Waals surface area contributed by atoms with Crippen molar-refractivity contribution in [3.8, 4) is 0 Å². The van der Waals surface area contributed by atoms with Gasteiger partial charge in [-0.2, -0.15) is 0 Å². The van der Waals surface area contributed by atoms with E-state index >= 15 is 0 Å². The highest BCUT2D eigenvalue weighted by atomic mass is 16.5. The van der Waals surface area contributed by atoms with Gasteiger partial charge in [-0.1, -0.05) is 0 Å². The predicted molar refractivity (Wildman–Crippen MR) is 114 cm³/mol. The molecule has 0 spiro atoms. The highest BCUT2D eigenvalue weighted by molar-refractivity contribution is 6.03. The molecule has 164 valence electrons. The number of ketones is 1. The molecular weight excluding hydrogens is 398 g/mol. The molecule has 1 saturated heterocycles. The number of nitrogens with zero attached hydrogens (tertiary/aromatic N) is 3. The molecule has 0 aromatic carbocycles. The Hall–Kier alpha value is -3.16. The number of aryl methyl sites for hydroxylation is 1. The number of furan rings is 1. The van der Waals surface area contributed by atoms with Crippen LogP contribution < -0.4 is 4.90 Å². The minimum absolute atomic E-state index is 0.0703. The fourth-order valence-corrected chi connectivity index (χ4v) is 4.25. The maximum Gasteiger partial charge on any atom is 0.339 e. The van der Waals surface area contributed by atoms with Gasteiger partial charge in [-0.3, -0.25) is 9.59 Å². The van der Waals surface area contributed by atoms with Crippen LogP contribution in [0.25, 0.3) is 0 Å². The van der Waals surface area contributed by atoms with Crippen LogP contribution in [0.5, 0.6) is 0 Å². The Morgan fingerprint density at radius 3 is 2.68 bits per heavy atom. The molecule has 2 aliphatic rings. The van der Waals surface area contributed by atoms with Crippen LogP contribution in [-0.2, 0) is 11.2 Å². The van der Waals surface area contributed by atoms with Crippen molar-refractivity contribution in [1.82, 2.24) is 9.88 Å². The second-order valence-electron chi connectivity index (χ2n) is 7.89. The zero-order valence-corrected chi connectivity index (χ0v) is 18.0. The lowest BCUT2D eigenvalue weighted by Crippen LogP contribution is -2.35. The van der Waals surface area contributed by atoms with Crippen LogP contribution in [0.1, 0.15) is 68.8 Å². The minimum Gasteiger partial charge on any atom is -0.462 e. The molecular formula is C23H27N3O5. The molecule has 2 aromatic heterocycles. The van der Waals surface area contributed by atoms with E-state index in [2.05, 4.69) is 9.88 Å². The Kier molecular flexibility index (Phi) is 6.06. The van der Waals surface area contributed by atoms with E-state index in [4.69, 9.17) is 9.15 Å².